The quantitative estimate of drug-likeness (QED) is 0.549. The number of nitrogens with one attached hydrogen (secondary N) is 1. The summed E-state index contributed by atoms with van der Waals surface area (Å²) < 4.78 is 0. The van der Waals surface area contributed by atoms with Gasteiger partial charge in [0.25, 0.3) is 0 Å². The summed E-state index contributed by atoms with van der Waals surface area (Å²) in [6.45, 7) is 0.886. The topological polar surface area (TPSA) is 49.3 Å². The molecule has 56 valence electrons. The normalized spacial score (nSPS) is 34.6. The fourth-order valence-corrected chi connectivity index (χ4v) is 1.88. The largest absolute Gasteiger partial charge is 0.481 e. The van der Waals surface area contributed by atoms with Crippen molar-refractivity contribution in [2.75, 3.05) is 6.54 Å². The van der Waals surface area contributed by atoms with Gasteiger partial charge in [0.05, 0.1) is 5.92 Å². The molecule has 3 heteroatoms. The lowest BCUT2D eigenvalue weighted by molar-refractivity contribution is -0.142. The zero-order valence-corrected chi connectivity index (χ0v) is 5.76. The molecule has 0 bridgehead atoms. The predicted octanol–water partition coefficient (Wildman–Crippen LogP) is 0.213. The summed E-state index contributed by atoms with van der Waals surface area (Å²) in [6, 6.07) is 0. The Kier molecular flexibility index (Phi) is 1.06. The number of hydrogen-bond donors (Lipinski definition) is 2. The van der Waals surface area contributed by atoms with E-state index in [-0.39, 0.29) is 11.5 Å². The summed E-state index contributed by atoms with van der Waals surface area (Å²) in [7, 11) is 0. The molecule has 0 aromatic carbocycles. The highest BCUT2D eigenvalue weighted by molar-refractivity contribution is 5.73. The molecular weight excluding hydrogens is 130 g/mol. The smallest absolute Gasteiger partial charge is 0.308 e. The van der Waals surface area contributed by atoms with E-state index in [1.807, 2.05) is 0 Å². The van der Waals surface area contributed by atoms with Crippen molar-refractivity contribution in [1.29, 1.82) is 0 Å². The Labute approximate surface area is 59.4 Å². The summed E-state index contributed by atoms with van der Waals surface area (Å²) in [5.74, 6) is -0.727. The van der Waals surface area contributed by atoms with Crippen molar-refractivity contribution in [3.05, 3.63) is 0 Å². The van der Waals surface area contributed by atoms with Crippen LogP contribution in [0.1, 0.15) is 19.3 Å². The number of aliphatic carboxylic acids is 1. The minimum absolute atomic E-state index is 0.0336. The van der Waals surface area contributed by atoms with Gasteiger partial charge in [-0.05, 0) is 25.8 Å². The first-order chi connectivity index (χ1) is 4.75. The molecule has 1 heterocycles. The highest BCUT2D eigenvalue weighted by atomic mass is 16.4. The van der Waals surface area contributed by atoms with Crippen LogP contribution in [0.3, 0.4) is 0 Å². The Hall–Kier alpha value is -0.570. The maximum absolute atomic E-state index is 10.6. The molecule has 3 nitrogen and oxygen atoms in total. The van der Waals surface area contributed by atoms with Crippen LogP contribution < -0.4 is 5.32 Å². The van der Waals surface area contributed by atoms with Crippen LogP contribution in [-0.4, -0.2) is 23.2 Å². The molecule has 2 fully saturated rings. The maximum atomic E-state index is 10.6. The zero-order chi connectivity index (χ0) is 7.19. The lowest BCUT2D eigenvalue weighted by atomic mass is 9.99. The second-order valence-corrected chi connectivity index (χ2v) is 3.26. The lowest BCUT2D eigenvalue weighted by Crippen LogP contribution is -2.33. The fourth-order valence-electron chi connectivity index (χ4n) is 1.88. The molecule has 10 heavy (non-hydrogen) atoms. The van der Waals surface area contributed by atoms with Gasteiger partial charge in [0, 0.05) is 5.54 Å². The molecule has 1 spiro atoms. The van der Waals surface area contributed by atoms with E-state index in [9.17, 15) is 4.79 Å². The maximum Gasteiger partial charge on any atom is 0.308 e. The second kappa shape index (κ2) is 1.72. The lowest BCUT2D eigenvalue weighted by Gasteiger charge is -2.12. The highest BCUT2D eigenvalue weighted by Gasteiger charge is 2.55. The van der Waals surface area contributed by atoms with Gasteiger partial charge >= 0.3 is 5.97 Å². The van der Waals surface area contributed by atoms with Gasteiger partial charge in [0.2, 0.25) is 0 Å². The third-order valence-electron chi connectivity index (χ3n) is 2.66. The van der Waals surface area contributed by atoms with Crippen molar-refractivity contribution in [3.8, 4) is 0 Å². The number of carboxylic acid groups (broad SMARTS) is 1. The zero-order valence-electron chi connectivity index (χ0n) is 5.76. The average molecular weight is 141 g/mol. The number of carboxylic acids is 1. The van der Waals surface area contributed by atoms with E-state index >= 15 is 0 Å². The van der Waals surface area contributed by atoms with Crippen LogP contribution in [0.4, 0.5) is 0 Å². The van der Waals surface area contributed by atoms with Crippen LogP contribution in [0.15, 0.2) is 0 Å². The van der Waals surface area contributed by atoms with E-state index in [1.165, 1.54) is 0 Å². The van der Waals surface area contributed by atoms with Gasteiger partial charge < -0.3 is 10.4 Å². The Morgan fingerprint density at radius 1 is 1.60 bits per heavy atom. The molecule has 0 amide bonds. The molecule has 2 N–H and O–H groups in total. The minimum Gasteiger partial charge on any atom is -0.481 e. The SMILES string of the molecule is O=C(O)C1CCNC12CC2. The van der Waals surface area contributed by atoms with Gasteiger partial charge in [-0.25, -0.2) is 0 Å². The van der Waals surface area contributed by atoms with Gasteiger partial charge in [-0.3, -0.25) is 4.79 Å². The number of rotatable bonds is 1. The van der Waals surface area contributed by atoms with Gasteiger partial charge in [0.15, 0.2) is 0 Å². The molecule has 0 aromatic heterocycles. The van der Waals surface area contributed by atoms with Crippen molar-refractivity contribution in [2.45, 2.75) is 24.8 Å². The summed E-state index contributed by atoms with van der Waals surface area (Å²) in [5.41, 5.74) is 0.0336. The summed E-state index contributed by atoms with van der Waals surface area (Å²) >= 11 is 0. The van der Waals surface area contributed by atoms with Crippen LogP contribution in [0.25, 0.3) is 0 Å². The Balaban J connectivity index is 2.14. The van der Waals surface area contributed by atoms with Gasteiger partial charge in [-0.1, -0.05) is 0 Å². The molecule has 1 unspecified atom stereocenters. The monoisotopic (exact) mass is 141 g/mol. The first-order valence-electron chi connectivity index (χ1n) is 3.72. The molecule has 1 aliphatic heterocycles. The van der Waals surface area contributed by atoms with E-state index in [1.54, 1.807) is 0 Å². The third-order valence-corrected chi connectivity index (χ3v) is 2.66. The van der Waals surface area contributed by atoms with Gasteiger partial charge in [-0.15, -0.1) is 0 Å². The Morgan fingerprint density at radius 2 is 2.30 bits per heavy atom. The van der Waals surface area contributed by atoms with Crippen LogP contribution in [0.2, 0.25) is 0 Å². The van der Waals surface area contributed by atoms with Gasteiger partial charge in [-0.2, -0.15) is 0 Å². The Bertz CT molecular complexity index is 174. The predicted molar refractivity (Wildman–Crippen MR) is 35.7 cm³/mol. The van der Waals surface area contributed by atoms with Crippen LogP contribution in [0, 0.1) is 5.92 Å². The molecule has 0 aromatic rings. The van der Waals surface area contributed by atoms with E-state index in [0.29, 0.717) is 0 Å². The van der Waals surface area contributed by atoms with Crippen LogP contribution in [0.5, 0.6) is 0 Å². The van der Waals surface area contributed by atoms with Crippen LogP contribution in [-0.2, 0) is 4.79 Å². The molecule has 1 saturated carbocycles. The minimum atomic E-state index is -0.623. The molecule has 1 saturated heterocycles. The van der Waals surface area contributed by atoms with Crippen molar-refractivity contribution in [2.24, 2.45) is 5.92 Å². The molecule has 0 radical (unpaired) electrons. The molecule has 1 aliphatic carbocycles. The Morgan fingerprint density at radius 3 is 2.70 bits per heavy atom. The van der Waals surface area contributed by atoms with E-state index in [0.717, 1.165) is 25.8 Å². The van der Waals surface area contributed by atoms with Gasteiger partial charge in [0.1, 0.15) is 0 Å². The third kappa shape index (κ3) is 0.669. The molecule has 2 aliphatic rings. The molecule has 1 atom stereocenters. The van der Waals surface area contributed by atoms with E-state index in [4.69, 9.17) is 5.11 Å². The van der Waals surface area contributed by atoms with E-state index < -0.39 is 5.97 Å². The van der Waals surface area contributed by atoms with Crippen molar-refractivity contribution >= 4 is 5.97 Å². The standard InChI is InChI=1S/C7H11NO2/c9-6(10)5-1-4-8-7(5)2-3-7/h5,8H,1-4H2,(H,9,10). The summed E-state index contributed by atoms with van der Waals surface area (Å²) in [6.07, 6.45) is 2.93. The second-order valence-electron chi connectivity index (χ2n) is 3.26. The average Bonchev–Trinajstić information content (AvgIpc) is 2.42. The van der Waals surface area contributed by atoms with Crippen molar-refractivity contribution in [3.63, 3.8) is 0 Å². The highest BCUT2D eigenvalue weighted by Crippen LogP contribution is 2.46. The fraction of sp³-hybridized carbons (Fsp3) is 0.857. The first-order valence-corrected chi connectivity index (χ1v) is 3.72. The molecule has 2 rings (SSSR count). The summed E-state index contributed by atoms with van der Waals surface area (Å²) in [4.78, 5) is 10.6. The van der Waals surface area contributed by atoms with Crippen LogP contribution >= 0.6 is 0 Å². The number of hydrogen-bond acceptors (Lipinski definition) is 2. The number of carbonyl (C=O) groups is 1. The van der Waals surface area contributed by atoms with Crippen molar-refractivity contribution < 1.29 is 9.90 Å². The first kappa shape index (κ1) is 6.16. The van der Waals surface area contributed by atoms with Crippen molar-refractivity contribution in [1.82, 2.24) is 5.32 Å². The van der Waals surface area contributed by atoms with E-state index in [2.05, 4.69) is 5.32 Å². The molecular formula is C7H11NO2. The summed E-state index contributed by atoms with van der Waals surface area (Å²) in [5, 5.41) is 12.0.